The third-order valence-corrected chi connectivity index (χ3v) is 3.99. The van der Waals surface area contributed by atoms with Gasteiger partial charge in [0.15, 0.2) is 0 Å². The first-order valence-corrected chi connectivity index (χ1v) is 7.71. The van der Waals surface area contributed by atoms with Crippen LogP contribution in [0.25, 0.3) is 21.9 Å². The van der Waals surface area contributed by atoms with Crippen molar-refractivity contribution in [1.29, 1.82) is 0 Å². The van der Waals surface area contributed by atoms with Crippen LogP contribution in [0.15, 0.2) is 46.1 Å². The number of hydrogen-bond acceptors (Lipinski definition) is 4. The van der Waals surface area contributed by atoms with Gasteiger partial charge in [0.05, 0.1) is 5.39 Å². The van der Waals surface area contributed by atoms with Crippen LogP contribution in [-0.2, 0) is 11.2 Å². The lowest BCUT2D eigenvalue weighted by molar-refractivity contribution is -0.131. The van der Waals surface area contributed by atoms with Gasteiger partial charge in [-0.15, -0.1) is 6.58 Å². The fraction of sp³-hybridized carbons (Fsp3) is 0.200. The third kappa shape index (κ3) is 2.60. The van der Waals surface area contributed by atoms with Gasteiger partial charge in [-0.05, 0) is 49.6 Å². The standard InChI is InChI=1S/C20H18O4/c1-5-6-14-12(3)10-17-18(20(14)23-13(4)21)19(22)15-8-7-11(2)9-16(15)24-17/h5,7-10H,1,6H2,2-4H3. The SMILES string of the molecule is C=CCc1c(C)cc2oc3cc(C)ccc3c(=O)c2c1OC(C)=O. The Balaban J connectivity index is 2.51. The number of carbonyl (C=O) groups is 1. The molecule has 0 saturated heterocycles. The minimum atomic E-state index is -0.476. The van der Waals surface area contributed by atoms with E-state index in [1.807, 2.05) is 32.0 Å². The number of esters is 1. The van der Waals surface area contributed by atoms with Gasteiger partial charge in [0.1, 0.15) is 22.3 Å². The minimum absolute atomic E-state index is 0.201. The Morgan fingerprint density at radius 3 is 2.67 bits per heavy atom. The van der Waals surface area contributed by atoms with Gasteiger partial charge in [0.2, 0.25) is 5.43 Å². The summed E-state index contributed by atoms with van der Waals surface area (Å²) in [6.07, 6.45) is 2.21. The zero-order valence-corrected chi connectivity index (χ0v) is 13.9. The van der Waals surface area contributed by atoms with Crippen molar-refractivity contribution >= 4 is 27.9 Å². The van der Waals surface area contributed by atoms with E-state index in [1.54, 1.807) is 12.1 Å². The molecule has 0 bridgehead atoms. The largest absolute Gasteiger partial charge is 0.456 e. The Bertz CT molecular complexity index is 1040. The first-order valence-electron chi connectivity index (χ1n) is 7.71. The van der Waals surface area contributed by atoms with Gasteiger partial charge in [-0.25, -0.2) is 0 Å². The number of aryl methyl sites for hydroxylation is 2. The lowest BCUT2D eigenvalue weighted by atomic mass is 9.99. The number of hydrogen-bond donors (Lipinski definition) is 0. The highest BCUT2D eigenvalue weighted by atomic mass is 16.5. The summed E-state index contributed by atoms with van der Waals surface area (Å²) in [7, 11) is 0. The summed E-state index contributed by atoms with van der Waals surface area (Å²) < 4.78 is 11.3. The van der Waals surface area contributed by atoms with E-state index in [9.17, 15) is 9.59 Å². The molecule has 0 radical (unpaired) electrons. The van der Waals surface area contributed by atoms with Crippen LogP contribution in [0.3, 0.4) is 0 Å². The van der Waals surface area contributed by atoms with E-state index in [4.69, 9.17) is 9.15 Å². The molecule has 1 heterocycles. The minimum Gasteiger partial charge on any atom is -0.456 e. The zero-order chi connectivity index (χ0) is 17.4. The average molecular weight is 322 g/mol. The van der Waals surface area contributed by atoms with E-state index in [0.29, 0.717) is 28.4 Å². The molecule has 0 fully saturated rings. The molecule has 0 spiro atoms. The molecule has 1 aromatic heterocycles. The molecule has 3 aromatic rings. The second-order valence-electron chi connectivity index (χ2n) is 5.89. The van der Waals surface area contributed by atoms with Crippen molar-refractivity contribution in [2.75, 3.05) is 0 Å². The molecule has 0 N–H and O–H groups in total. The molecule has 0 atom stereocenters. The number of ether oxygens (including phenoxy) is 1. The number of benzene rings is 2. The second-order valence-corrected chi connectivity index (χ2v) is 5.89. The number of fused-ring (bicyclic) bond motifs is 2. The van der Waals surface area contributed by atoms with Gasteiger partial charge < -0.3 is 9.15 Å². The Kier molecular flexibility index (Phi) is 3.97. The Morgan fingerprint density at radius 1 is 1.25 bits per heavy atom. The summed E-state index contributed by atoms with van der Waals surface area (Å²) in [5, 5.41) is 0.763. The summed E-state index contributed by atoms with van der Waals surface area (Å²) in [5.41, 5.74) is 3.40. The molecule has 0 aliphatic carbocycles. The molecule has 0 unspecified atom stereocenters. The normalized spacial score (nSPS) is 11.0. The number of carbonyl (C=O) groups excluding carboxylic acids is 1. The van der Waals surface area contributed by atoms with Crippen LogP contribution in [0.2, 0.25) is 0 Å². The average Bonchev–Trinajstić information content (AvgIpc) is 2.49. The van der Waals surface area contributed by atoms with Crippen LogP contribution in [0, 0.1) is 13.8 Å². The smallest absolute Gasteiger partial charge is 0.308 e. The Morgan fingerprint density at radius 2 is 2.00 bits per heavy atom. The van der Waals surface area contributed by atoms with Crippen molar-refractivity contribution in [3.63, 3.8) is 0 Å². The second kappa shape index (κ2) is 5.96. The molecule has 0 aliphatic rings. The molecule has 3 rings (SSSR count). The van der Waals surface area contributed by atoms with Crippen LogP contribution < -0.4 is 10.2 Å². The van der Waals surface area contributed by atoms with Gasteiger partial charge in [-0.3, -0.25) is 9.59 Å². The summed E-state index contributed by atoms with van der Waals surface area (Å²) in [6.45, 7) is 8.89. The maximum Gasteiger partial charge on any atom is 0.308 e. The monoisotopic (exact) mass is 322 g/mol. The highest BCUT2D eigenvalue weighted by Gasteiger charge is 2.19. The van der Waals surface area contributed by atoms with E-state index < -0.39 is 5.97 Å². The van der Waals surface area contributed by atoms with Crippen molar-refractivity contribution in [2.24, 2.45) is 0 Å². The van der Waals surface area contributed by atoms with Gasteiger partial charge in [-0.1, -0.05) is 12.1 Å². The molecular weight excluding hydrogens is 304 g/mol. The predicted octanol–water partition coefficient (Wildman–Crippen LogP) is 4.22. The quantitative estimate of drug-likeness (QED) is 0.313. The summed E-state index contributed by atoms with van der Waals surface area (Å²) in [4.78, 5) is 24.6. The molecule has 4 nitrogen and oxygen atoms in total. The van der Waals surface area contributed by atoms with Crippen LogP contribution in [0.4, 0.5) is 0 Å². The highest BCUT2D eigenvalue weighted by molar-refractivity contribution is 5.96. The van der Waals surface area contributed by atoms with E-state index in [1.165, 1.54) is 6.92 Å². The van der Waals surface area contributed by atoms with Crippen LogP contribution in [-0.4, -0.2) is 5.97 Å². The summed E-state index contributed by atoms with van der Waals surface area (Å²) >= 11 is 0. The first kappa shape index (κ1) is 16.0. The number of allylic oxidation sites excluding steroid dienone is 1. The lowest BCUT2D eigenvalue weighted by Crippen LogP contribution is -2.11. The van der Waals surface area contributed by atoms with Crippen LogP contribution in [0.1, 0.15) is 23.6 Å². The van der Waals surface area contributed by atoms with Crippen molar-refractivity contribution in [2.45, 2.75) is 27.2 Å². The zero-order valence-electron chi connectivity index (χ0n) is 13.9. The summed E-state index contributed by atoms with van der Waals surface area (Å²) in [6, 6.07) is 7.23. The van der Waals surface area contributed by atoms with Crippen molar-refractivity contribution in [3.8, 4) is 5.75 Å². The van der Waals surface area contributed by atoms with E-state index in [2.05, 4.69) is 6.58 Å². The molecule has 0 amide bonds. The molecule has 0 aliphatic heterocycles. The van der Waals surface area contributed by atoms with Crippen LogP contribution in [0.5, 0.6) is 5.75 Å². The van der Waals surface area contributed by atoms with Gasteiger partial charge >= 0.3 is 5.97 Å². The van der Waals surface area contributed by atoms with Gasteiger partial charge in [-0.2, -0.15) is 0 Å². The number of rotatable bonds is 3. The van der Waals surface area contributed by atoms with Crippen molar-refractivity contribution in [1.82, 2.24) is 0 Å². The Hall–Kier alpha value is -2.88. The highest BCUT2D eigenvalue weighted by Crippen LogP contribution is 2.33. The fourth-order valence-electron chi connectivity index (χ4n) is 2.90. The summed E-state index contributed by atoms with van der Waals surface area (Å²) in [5.74, 6) is -0.204. The topological polar surface area (TPSA) is 56.5 Å². The van der Waals surface area contributed by atoms with Crippen LogP contribution >= 0.6 is 0 Å². The predicted molar refractivity (Wildman–Crippen MR) is 94.7 cm³/mol. The van der Waals surface area contributed by atoms with E-state index in [0.717, 1.165) is 16.7 Å². The molecule has 24 heavy (non-hydrogen) atoms. The van der Waals surface area contributed by atoms with Crippen molar-refractivity contribution in [3.05, 3.63) is 63.8 Å². The molecule has 2 aromatic carbocycles. The first-order chi connectivity index (χ1) is 11.4. The molecule has 0 saturated carbocycles. The molecule has 4 heteroatoms. The molecule has 122 valence electrons. The van der Waals surface area contributed by atoms with E-state index >= 15 is 0 Å². The van der Waals surface area contributed by atoms with E-state index in [-0.39, 0.29) is 11.2 Å². The van der Waals surface area contributed by atoms with Gasteiger partial charge in [0, 0.05) is 12.5 Å². The van der Waals surface area contributed by atoms with Crippen molar-refractivity contribution < 1.29 is 13.9 Å². The maximum atomic E-state index is 13.0. The third-order valence-electron chi connectivity index (χ3n) is 3.99. The Labute approximate surface area is 139 Å². The lowest BCUT2D eigenvalue weighted by Gasteiger charge is -2.14. The molecular formula is C20H18O4. The maximum absolute atomic E-state index is 13.0. The van der Waals surface area contributed by atoms with Gasteiger partial charge in [0.25, 0.3) is 0 Å². The fourth-order valence-corrected chi connectivity index (χ4v) is 2.90.